The Balaban J connectivity index is 2.49. The highest BCUT2D eigenvalue weighted by Gasteiger charge is 2.05. The Morgan fingerprint density at radius 2 is 2.07 bits per heavy atom. The van der Waals surface area contributed by atoms with Crippen LogP contribution in [0.3, 0.4) is 0 Å². The molecule has 0 spiro atoms. The monoisotopic (exact) mass is 212 g/mol. The highest BCUT2D eigenvalue weighted by Crippen LogP contribution is 2.24. The molecular formula is C11H9AlN2O. The van der Waals surface area contributed by atoms with E-state index < -0.39 is 0 Å². The average Bonchev–Trinajstić information content (AvgIpc) is 2.30. The van der Waals surface area contributed by atoms with Crippen LogP contribution in [-0.2, 0) is 0 Å². The quantitative estimate of drug-likeness (QED) is 0.713. The largest absolute Gasteiger partial charge is 0.652 e. The van der Waals surface area contributed by atoms with Crippen LogP contribution in [0.5, 0.6) is 5.75 Å². The number of hydrogen-bond donors (Lipinski definition) is 0. The van der Waals surface area contributed by atoms with E-state index in [0.717, 1.165) is 17.0 Å². The second-order valence-corrected chi connectivity index (χ2v) is 3.42. The van der Waals surface area contributed by atoms with Gasteiger partial charge in [0.25, 0.3) is 0 Å². The Kier molecular flexibility index (Phi) is 3.00. The molecule has 0 unspecified atom stereocenters. The van der Waals surface area contributed by atoms with E-state index in [-0.39, 0.29) is 0 Å². The fourth-order valence-corrected chi connectivity index (χ4v) is 1.48. The number of aromatic nitrogens is 2. The normalized spacial score (nSPS) is 9.93. The molecule has 3 nitrogen and oxygen atoms in total. The molecule has 2 heterocycles. The van der Waals surface area contributed by atoms with E-state index in [1.54, 1.807) is 6.20 Å². The molecule has 0 aromatic carbocycles. The van der Waals surface area contributed by atoms with Crippen LogP contribution in [0.25, 0.3) is 11.4 Å². The number of rotatable bonds is 2. The Morgan fingerprint density at radius 3 is 2.73 bits per heavy atom. The maximum absolute atomic E-state index is 5.14. The van der Waals surface area contributed by atoms with Crippen molar-refractivity contribution in [3.63, 3.8) is 0 Å². The zero-order valence-corrected chi connectivity index (χ0v) is 9.50. The third-order valence-electron chi connectivity index (χ3n) is 2.05. The van der Waals surface area contributed by atoms with Gasteiger partial charge in [-0.2, -0.15) is 0 Å². The lowest BCUT2D eigenvalue weighted by Gasteiger charge is -2.08. The van der Waals surface area contributed by atoms with Crippen LogP contribution in [0.4, 0.5) is 0 Å². The first-order chi connectivity index (χ1) is 7.31. The summed E-state index contributed by atoms with van der Waals surface area (Å²) in [5, 5.41) is 0. The summed E-state index contributed by atoms with van der Waals surface area (Å²) in [6.07, 6.45) is 3.54. The average molecular weight is 212 g/mol. The first kappa shape index (κ1) is 10.2. The molecule has 0 fully saturated rings. The molecule has 2 radical (unpaired) electrons. The van der Waals surface area contributed by atoms with Gasteiger partial charge in [-0.25, -0.2) is 0 Å². The fourth-order valence-electron chi connectivity index (χ4n) is 1.29. The molecule has 0 aliphatic heterocycles. The van der Waals surface area contributed by atoms with Crippen LogP contribution in [-0.4, -0.2) is 26.6 Å². The van der Waals surface area contributed by atoms with Crippen molar-refractivity contribution in [2.75, 3.05) is 0 Å². The predicted molar refractivity (Wildman–Crippen MR) is 58.6 cm³/mol. The van der Waals surface area contributed by atoms with Crippen molar-refractivity contribution in [2.45, 2.75) is 6.92 Å². The lowest BCUT2D eigenvalue weighted by Crippen LogP contribution is -1.93. The summed E-state index contributed by atoms with van der Waals surface area (Å²) in [7, 11) is 0. The van der Waals surface area contributed by atoms with Crippen LogP contribution in [0, 0.1) is 6.92 Å². The van der Waals surface area contributed by atoms with E-state index in [4.69, 9.17) is 3.79 Å². The van der Waals surface area contributed by atoms with E-state index in [9.17, 15) is 0 Å². The summed E-state index contributed by atoms with van der Waals surface area (Å²) >= 11 is 2.22. The summed E-state index contributed by atoms with van der Waals surface area (Å²) in [5.74, 6) is 0.707. The summed E-state index contributed by atoms with van der Waals surface area (Å²) in [6, 6.07) is 7.63. The van der Waals surface area contributed by atoms with Gasteiger partial charge in [0.1, 0.15) is 11.4 Å². The molecule has 2 rings (SSSR count). The highest BCUT2D eigenvalue weighted by molar-refractivity contribution is 6.00. The number of pyridine rings is 2. The number of hydrogen-bond acceptors (Lipinski definition) is 3. The van der Waals surface area contributed by atoms with Crippen LogP contribution < -0.4 is 3.79 Å². The van der Waals surface area contributed by atoms with E-state index in [2.05, 4.69) is 26.6 Å². The summed E-state index contributed by atoms with van der Waals surface area (Å²) in [6.45, 7) is 2.00. The molecule has 0 saturated carbocycles. The van der Waals surface area contributed by atoms with Crippen molar-refractivity contribution in [1.29, 1.82) is 0 Å². The van der Waals surface area contributed by atoms with Crippen molar-refractivity contribution in [3.8, 4) is 17.1 Å². The molecule has 2 aromatic heterocycles. The first-order valence-electron chi connectivity index (χ1n) is 4.56. The Morgan fingerprint density at radius 1 is 1.20 bits per heavy atom. The van der Waals surface area contributed by atoms with Gasteiger partial charge in [0, 0.05) is 12.4 Å². The minimum atomic E-state index is 0.707. The van der Waals surface area contributed by atoms with Crippen molar-refractivity contribution in [2.24, 2.45) is 0 Å². The van der Waals surface area contributed by atoms with Crippen LogP contribution in [0.2, 0.25) is 0 Å². The third-order valence-corrected chi connectivity index (χ3v) is 2.31. The highest BCUT2D eigenvalue weighted by atomic mass is 27.1. The minimum Gasteiger partial charge on any atom is -0.652 e. The second-order valence-electron chi connectivity index (χ2n) is 3.19. The maximum Gasteiger partial charge on any atom is 0.482 e. The topological polar surface area (TPSA) is 35.0 Å². The second kappa shape index (κ2) is 4.43. The lowest BCUT2D eigenvalue weighted by molar-refractivity contribution is 0.614. The minimum absolute atomic E-state index is 0.707. The maximum atomic E-state index is 5.14. The van der Waals surface area contributed by atoms with Crippen molar-refractivity contribution < 1.29 is 3.79 Å². The SMILES string of the molecule is Cc1ccc(-c2ncccc2[O][Al])nc1. The molecule has 0 atom stereocenters. The molecule has 0 aliphatic rings. The Labute approximate surface area is 96.9 Å². The zero-order valence-electron chi connectivity index (χ0n) is 8.34. The fraction of sp³-hybridized carbons (Fsp3) is 0.0909. The molecule has 0 amide bonds. The van der Waals surface area contributed by atoms with Gasteiger partial charge in [-0.1, -0.05) is 6.07 Å². The summed E-state index contributed by atoms with van der Waals surface area (Å²) < 4.78 is 5.14. The van der Waals surface area contributed by atoms with Crippen LogP contribution >= 0.6 is 0 Å². The van der Waals surface area contributed by atoms with Crippen LogP contribution in [0.15, 0.2) is 36.7 Å². The van der Waals surface area contributed by atoms with Crippen LogP contribution in [0.1, 0.15) is 5.56 Å². The number of nitrogens with zero attached hydrogens (tertiary/aromatic N) is 2. The van der Waals surface area contributed by atoms with Crippen molar-refractivity contribution in [3.05, 3.63) is 42.2 Å². The summed E-state index contributed by atoms with van der Waals surface area (Å²) in [5.41, 5.74) is 2.70. The van der Waals surface area contributed by atoms with Gasteiger partial charge in [-0.05, 0) is 30.7 Å². The molecule has 72 valence electrons. The van der Waals surface area contributed by atoms with Gasteiger partial charge in [0.05, 0.1) is 5.69 Å². The molecule has 0 N–H and O–H groups in total. The van der Waals surface area contributed by atoms with Crippen molar-refractivity contribution in [1.82, 2.24) is 9.97 Å². The van der Waals surface area contributed by atoms with E-state index in [1.165, 1.54) is 0 Å². The van der Waals surface area contributed by atoms with Gasteiger partial charge in [-0.3, -0.25) is 9.97 Å². The number of aryl methyl sites for hydroxylation is 1. The summed E-state index contributed by atoms with van der Waals surface area (Å²) in [4.78, 5) is 8.55. The molecule has 0 aliphatic carbocycles. The smallest absolute Gasteiger partial charge is 0.482 e. The standard InChI is InChI=1S/C11H10N2O.Al/c1-8-4-5-9(13-7-8)11-10(14)3-2-6-12-11;/h2-7,14H,1H3;/q;+1/p-1. The van der Waals surface area contributed by atoms with Crippen molar-refractivity contribution >= 4 is 16.6 Å². The van der Waals surface area contributed by atoms with Gasteiger partial charge < -0.3 is 3.79 Å². The zero-order chi connectivity index (χ0) is 10.7. The Hall–Kier alpha value is -1.37. The molecule has 4 heteroatoms. The third kappa shape index (κ3) is 2.17. The first-order valence-corrected chi connectivity index (χ1v) is 5.03. The van der Waals surface area contributed by atoms with E-state index in [1.807, 2.05) is 37.4 Å². The van der Waals surface area contributed by atoms with Gasteiger partial charge in [-0.15, -0.1) is 0 Å². The van der Waals surface area contributed by atoms with Gasteiger partial charge in [0.2, 0.25) is 0 Å². The van der Waals surface area contributed by atoms with Gasteiger partial charge in [0.15, 0.2) is 0 Å². The lowest BCUT2D eigenvalue weighted by atomic mass is 10.2. The predicted octanol–water partition coefficient (Wildman–Crippen LogP) is 1.91. The molecule has 15 heavy (non-hydrogen) atoms. The molecule has 2 aromatic rings. The Bertz CT molecular complexity index is 456. The molecule has 0 saturated heterocycles. The molecular weight excluding hydrogens is 203 g/mol. The van der Waals surface area contributed by atoms with Gasteiger partial charge >= 0.3 is 16.6 Å². The molecule has 0 bridgehead atoms. The van der Waals surface area contributed by atoms with E-state index >= 15 is 0 Å². The van der Waals surface area contributed by atoms with E-state index in [0.29, 0.717) is 5.75 Å².